The maximum atomic E-state index is 13.3. The first-order chi connectivity index (χ1) is 14.9. The average Bonchev–Trinajstić information content (AvgIpc) is 3.20. The molecule has 0 radical (unpaired) electrons. The Bertz CT molecular complexity index is 1250. The Kier molecular flexibility index (Phi) is 6.11. The lowest BCUT2D eigenvalue weighted by molar-refractivity contribution is -0.115. The van der Waals surface area contributed by atoms with E-state index < -0.39 is 5.25 Å². The van der Waals surface area contributed by atoms with E-state index in [1.165, 1.54) is 48.5 Å². The molecule has 0 aliphatic heterocycles. The fourth-order valence-corrected chi connectivity index (χ4v) is 4.95. The number of Topliss-reactive ketones (excluding diaryl/α,β-unsaturated/α-hetero) is 1. The molecule has 1 N–H and O–H groups in total. The number of thioether (sulfide) groups is 1. The lowest BCUT2D eigenvalue weighted by atomic mass is 10.1. The summed E-state index contributed by atoms with van der Waals surface area (Å²) in [5.41, 5.74) is 3.00. The first-order valence-electron chi connectivity index (χ1n) is 9.49. The van der Waals surface area contributed by atoms with Gasteiger partial charge in [0.15, 0.2) is 5.78 Å². The summed E-state index contributed by atoms with van der Waals surface area (Å²) in [6.45, 7) is 3.31. The van der Waals surface area contributed by atoms with E-state index in [0.29, 0.717) is 16.3 Å². The smallest absolute Gasteiger partial charge is 0.237 e. The van der Waals surface area contributed by atoms with Gasteiger partial charge in [-0.25, -0.2) is 14.4 Å². The fraction of sp³-hybridized carbons (Fsp3) is 0.130. The number of rotatable bonds is 6. The van der Waals surface area contributed by atoms with Crippen LogP contribution in [-0.2, 0) is 4.79 Å². The normalized spacial score (nSPS) is 12.0. The van der Waals surface area contributed by atoms with Crippen LogP contribution in [0.3, 0.4) is 0 Å². The fourth-order valence-electron chi connectivity index (χ4n) is 3.03. The van der Waals surface area contributed by atoms with Crippen molar-refractivity contribution in [2.75, 3.05) is 5.32 Å². The number of ketones is 1. The molecule has 1 atom stereocenters. The molecule has 0 saturated heterocycles. The zero-order valence-corrected chi connectivity index (χ0v) is 18.4. The number of thiophene rings is 1. The van der Waals surface area contributed by atoms with Crippen LogP contribution in [0.25, 0.3) is 21.3 Å². The molecule has 31 heavy (non-hydrogen) atoms. The molecule has 0 fully saturated rings. The number of nitrogens with zero attached hydrogens (tertiary/aromatic N) is 2. The third-order valence-electron chi connectivity index (χ3n) is 4.71. The second-order valence-corrected chi connectivity index (χ2v) is 9.09. The Morgan fingerprint density at radius 1 is 1.06 bits per heavy atom. The van der Waals surface area contributed by atoms with E-state index in [4.69, 9.17) is 0 Å². The molecule has 5 nitrogen and oxygen atoms in total. The van der Waals surface area contributed by atoms with Crippen molar-refractivity contribution in [3.63, 3.8) is 0 Å². The number of halogens is 1. The molecule has 2 aromatic carbocycles. The van der Waals surface area contributed by atoms with Gasteiger partial charge in [-0.3, -0.25) is 9.59 Å². The van der Waals surface area contributed by atoms with E-state index >= 15 is 0 Å². The molecule has 4 rings (SSSR count). The van der Waals surface area contributed by atoms with E-state index in [1.807, 2.05) is 12.3 Å². The Balaban J connectivity index is 1.56. The second kappa shape index (κ2) is 8.95. The van der Waals surface area contributed by atoms with Gasteiger partial charge < -0.3 is 5.32 Å². The largest absolute Gasteiger partial charge is 0.325 e. The Labute approximate surface area is 186 Å². The molecule has 2 aromatic heterocycles. The highest BCUT2D eigenvalue weighted by atomic mass is 32.2. The van der Waals surface area contributed by atoms with Crippen molar-refractivity contribution in [3.8, 4) is 11.1 Å². The Morgan fingerprint density at radius 3 is 2.45 bits per heavy atom. The van der Waals surface area contributed by atoms with Crippen molar-refractivity contribution in [1.82, 2.24) is 9.97 Å². The van der Waals surface area contributed by atoms with Gasteiger partial charge in [0.2, 0.25) is 5.91 Å². The van der Waals surface area contributed by atoms with Crippen molar-refractivity contribution in [2.45, 2.75) is 24.1 Å². The number of anilines is 1. The predicted octanol–water partition coefficient (Wildman–Crippen LogP) is 5.82. The number of fused-ring (bicyclic) bond motifs is 1. The molecular formula is C23H18FN3O2S2. The number of nitrogens with one attached hydrogen (secondary N) is 1. The van der Waals surface area contributed by atoms with Crippen LogP contribution in [0.1, 0.15) is 24.2 Å². The lowest BCUT2D eigenvalue weighted by Gasteiger charge is -2.13. The van der Waals surface area contributed by atoms with Gasteiger partial charge >= 0.3 is 0 Å². The number of hydrogen-bond acceptors (Lipinski definition) is 6. The number of amides is 1. The van der Waals surface area contributed by atoms with Crippen LogP contribution in [0.2, 0.25) is 0 Å². The highest BCUT2D eigenvalue weighted by Gasteiger charge is 2.20. The van der Waals surface area contributed by atoms with Gasteiger partial charge in [-0.2, -0.15) is 0 Å². The monoisotopic (exact) mass is 451 g/mol. The summed E-state index contributed by atoms with van der Waals surface area (Å²) in [6.07, 6.45) is 1.49. The van der Waals surface area contributed by atoms with E-state index in [9.17, 15) is 14.0 Å². The van der Waals surface area contributed by atoms with Crippen molar-refractivity contribution >= 4 is 50.7 Å². The third-order valence-corrected chi connectivity index (χ3v) is 6.69. The third kappa shape index (κ3) is 4.65. The molecule has 4 aromatic rings. The number of benzene rings is 2. The predicted molar refractivity (Wildman–Crippen MR) is 123 cm³/mol. The standard InChI is InChI=1S/C23H18FN3O2S2/c1-13(28)15-5-9-18(10-6-15)27-21(29)14(2)31-23-20-19(11-30-22(20)25-12-26-23)16-3-7-17(24)8-4-16/h3-12,14H,1-2H3,(H,27,29). The summed E-state index contributed by atoms with van der Waals surface area (Å²) in [5.74, 6) is -0.496. The Hall–Kier alpha value is -3.10. The summed E-state index contributed by atoms with van der Waals surface area (Å²) in [6, 6.07) is 13.1. The summed E-state index contributed by atoms with van der Waals surface area (Å²) in [5, 5.41) is 5.97. The molecule has 0 saturated carbocycles. The number of carbonyl (C=O) groups excluding carboxylic acids is 2. The van der Waals surface area contributed by atoms with Crippen LogP contribution in [0.4, 0.5) is 10.1 Å². The maximum absolute atomic E-state index is 13.3. The number of carbonyl (C=O) groups is 2. The highest BCUT2D eigenvalue weighted by molar-refractivity contribution is 8.00. The molecule has 8 heteroatoms. The van der Waals surface area contributed by atoms with Crippen LogP contribution in [0.15, 0.2) is 65.3 Å². The topological polar surface area (TPSA) is 72.0 Å². The summed E-state index contributed by atoms with van der Waals surface area (Å²) < 4.78 is 13.3. The van der Waals surface area contributed by atoms with Gasteiger partial charge in [0.1, 0.15) is 22.0 Å². The first kappa shape index (κ1) is 21.1. The molecular weight excluding hydrogens is 433 g/mol. The molecule has 0 spiro atoms. The Morgan fingerprint density at radius 2 is 1.77 bits per heavy atom. The van der Waals surface area contributed by atoms with Gasteiger partial charge in [0.25, 0.3) is 0 Å². The maximum Gasteiger partial charge on any atom is 0.237 e. The highest BCUT2D eigenvalue weighted by Crippen LogP contribution is 2.39. The minimum Gasteiger partial charge on any atom is -0.325 e. The van der Waals surface area contributed by atoms with Crippen LogP contribution < -0.4 is 5.32 Å². The molecule has 0 aliphatic carbocycles. The second-order valence-electron chi connectivity index (χ2n) is 6.90. The van der Waals surface area contributed by atoms with Crippen LogP contribution in [0.5, 0.6) is 0 Å². The zero-order chi connectivity index (χ0) is 22.0. The summed E-state index contributed by atoms with van der Waals surface area (Å²) >= 11 is 2.82. The van der Waals surface area contributed by atoms with E-state index in [0.717, 1.165) is 21.3 Å². The summed E-state index contributed by atoms with van der Waals surface area (Å²) in [4.78, 5) is 33.7. The number of aromatic nitrogens is 2. The van der Waals surface area contributed by atoms with Crippen molar-refractivity contribution in [2.24, 2.45) is 0 Å². The van der Waals surface area contributed by atoms with Crippen LogP contribution >= 0.6 is 23.1 Å². The average molecular weight is 452 g/mol. The molecule has 1 unspecified atom stereocenters. The van der Waals surface area contributed by atoms with E-state index in [-0.39, 0.29) is 17.5 Å². The molecule has 1 amide bonds. The van der Waals surface area contributed by atoms with E-state index in [2.05, 4.69) is 15.3 Å². The molecule has 0 bridgehead atoms. The van der Waals surface area contributed by atoms with Gasteiger partial charge in [-0.1, -0.05) is 23.9 Å². The minimum absolute atomic E-state index is 0.0256. The SMILES string of the molecule is CC(=O)c1ccc(NC(=O)C(C)Sc2ncnc3scc(-c4ccc(F)cc4)c23)cc1. The first-order valence-corrected chi connectivity index (χ1v) is 11.2. The van der Waals surface area contributed by atoms with E-state index in [1.54, 1.807) is 36.4 Å². The van der Waals surface area contributed by atoms with Gasteiger partial charge in [-0.15, -0.1) is 11.3 Å². The van der Waals surface area contributed by atoms with Gasteiger partial charge in [-0.05, 0) is 55.8 Å². The quantitative estimate of drug-likeness (QED) is 0.227. The molecule has 2 heterocycles. The van der Waals surface area contributed by atoms with Crippen molar-refractivity contribution in [3.05, 3.63) is 71.6 Å². The lowest BCUT2D eigenvalue weighted by Crippen LogP contribution is -2.22. The van der Waals surface area contributed by atoms with Crippen molar-refractivity contribution in [1.29, 1.82) is 0 Å². The van der Waals surface area contributed by atoms with Crippen molar-refractivity contribution < 1.29 is 14.0 Å². The van der Waals surface area contributed by atoms with Gasteiger partial charge in [0.05, 0.1) is 10.6 Å². The van der Waals surface area contributed by atoms with Crippen LogP contribution in [-0.4, -0.2) is 26.9 Å². The molecule has 156 valence electrons. The minimum atomic E-state index is -0.424. The van der Waals surface area contributed by atoms with Crippen LogP contribution in [0, 0.1) is 5.82 Å². The molecule has 0 aliphatic rings. The number of hydrogen-bond donors (Lipinski definition) is 1. The van der Waals surface area contributed by atoms with Gasteiger partial charge in [0, 0.05) is 22.2 Å². The zero-order valence-electron chi connectivity index (χ0n) is 16.8. The summed E-state index contributed by atoms with van der Waals surface area (Å²) in [7, 11) is 0.